The third kappa shape index (κ3) is 4.60. The smallest absolute Gasteiger partial charge is 0.416 e. The molecule has 1 fully saturated rings. The molecule has 0 unspecified atom stereocenters. The number of hydrogen-bond donors (Lipinski definition) is 2. The molecule has 0 saturated carbocycles. The first-order valence-corrected chi connectivity index (χ1v) is 10.7. The minimum absolute atomic E-state index is 0.0890. The molecule has 170 valence electrons. The fourth-order valence-electron chi connectivity index (χ4n) is 4.25. The van der Waals surface area contributed by atoms with E-state index < -0.39 is 17.6 Å². The number of furan rings is 1. The van der Waals surface area contributed by atoms with Gasteiger partial charge in [-0.15, -0.1) is 0 Å². The number of halogens is 3. The fraction of sp³-hybridized carbons (Fsp3) is 0.375. The van der Waals surface area contributed by atoms with Gasteiger partial charge in [-0.1, -0.05) is 12.8 Å². The van der Waals surface area contributed by atoms with Crippen molar-refractivity contribution in [2.45, 2.75) is 45.3 Å². The number of likely N-dealkylation sites (tertiary alicyclic amines) is 1. The number of nitrogens with zero attached hydrogens (tertiary/aromatic N) is 1. The Hall–Kier alpha value is -3.00. The Morgan fingerprint density at radius 2 is 1.72 bits per heavy atom. The molecule has 1 amide bonds. The maximum atomic E-state index is 13.1. The Balaban J connectivity index is 1.66. The van der Waals surface area contributed by atoms with E-state index in [4.69, 9.17) is 4.42 Å². The predicted octanol–water partition coefficient (Wildman–Crippen LogP) is 6.09. The molecule has 1 aliphatic heterocycles. The van der Waals surface area contributed by atoms with Crippen molar-refractivity contribution in [2.24, 2.45) is 0 Å². The number of phenols is 1. The van der Waals surface area contributed by atoms with Gasteiger partial charge in [0.1, 0.15) is 17.1 Å². The standard InChI is InChI=1S/C24H25F3N2O3/c1-15-21(23(31)28-17-8-6-16(7-9-17)24(25,26)27)22-18(19(30)10-11-20(22)32-15)14-29-12-4-2-3-5-13-29/h6-11,30H,2-5,12-14H2,1H3,(H,28,31). The van der Waals surface area contributed by atoms with Crippen molar-refractivity contribution in [1.29, 1.82) is 0 Å². The summed E-state index contributed by atoms with van der Waals surface area (Å²) in [5, 5.41) is 13.8. The summed E-state index contributed by atoms with van der Waals surface area (Å²) in [4.78, 5) is 15.4. The van der Waals surface area contributed by atoms with Gasteiger partial charge in [-0.3, -0.25) is 9.69 Å². The Labute approximate surface area is 183 Å². The number of anilines is 1. The lowest BCUT2D eigenvalue weighted by molar-refractivity contribution is -0.137. The van der Waals surface area contributed by atoms with Crippen molar-refractivity contribution in [3.8, 4) is 5.75 Å². The second-order valence-corrected chi connectivity index (χ2v) is 8.19. The molecular weight excluding hydrogens is 421 g/mol. The molecule has 0 radical (unpaired) electrons. The highest BCUT2D eigenvalue weighted by Crippen LogP contribution is 2.36. The van der Waals surface area contributed by atoms with Crippen molar-refractivity contribution in [3.63, 3.8) is 0 Å². The average Bonchev–Trinajstić information content (AvgIpc) is 2.89. The number of carbonyl (C=O) groups excluding carboxylic acids is 1. The second kappa shape index (κ2) is 8.86. The summed E-state index contributed by atoms with van der Waals surface area (Å²) in [6.07, 6.45) is 0.0844. The number of aryl methyl sites for hydroxylation is 1. The molecule has 0 bridgehead atoms. The first kappa shape index (κ1) is 22.2. The SMILES string of the molecule is Cc1oc2ccc(O)c(CN3CCCCCC3)c2c1C(=O)Nc1ccc(C(F)(F)F)cc1. The van der Waals surface area contributed by atoms with E-state index in [2.05, 4.69) is 10.2 Å². The summed E-state index contributed by atoms with van der Waals surface area (Å²) in [6.45, 7) is 3.98. The maximum absolute atomic E-state index is 13.1. The summed E-state index contributed by atoms with van der Waals surface area (Å²) in [5.41, 5.74) is 0.846. The number of fused-ring (bicyclic) bond motifs is 1. The van der Waals surface area contributed by atoms with E-state index >= 15 is 0 Å². The molecule has 0 atom stereocenters. The summed E-state index contributed by atoms with van der Waals surface area (Å²) in [5.74, 6) is -0.0259. The van der Waals surface area contributed by atoms with Gasteiger partial charge in [0.15, 0.2) is 0 Å². The van der Waals surface area contributed by atoms with E-state index in [0.29, 0.717) is 28.8 Å². The molecule has 0 aliphatic carbocycles. The average molecular weight is 446 g/mol. The Kier molecular flexibility index (Phi) is 6.15. The Bertz CT molecular complexity index is 1110. The number of alkyl halides is 3. The van der Waals surface area contributed by atoms with E-state index in [1.54, 1.807) is 19.1 Å². The lowest BCUT2D eigenvalue weighted by Crippen LogP contribution is -2.24. The molecule has 5 nitrogen and oxygen atoms in total. The number of amides is 1. The van der Waals surface area contributed by atoms with E-state index in [9.17, 15) is 23.1 Å². The van der Waals surface area contributed by atoms with Gasteiger partial charge < -0.3 is 14.8 Å². The molecule has 4 rings (SSSR count). The van der Waals surface area contributed by atoms with Crippen LogP contribution < -0.4 is 5.32 Å². The Morgan fingerprint density at radius 1 is 1.06 bits per heavy atom. The van der Waals surface area contributed by atoms with Crippen LogP contribution in [0.4, 0.5) is 18.9 Å². The van der Waals surface area contributed by atoms with Crippen molar-refractivity contribution in [1.82, 2.24) is 4.90 Å². The topological polar surface area (TPSA) is 65.7 Å². The highest BCUT2D eigenvalue weighted by molar-refractivity contribution is 6.14. The van der Waals surface area contributed by atoms with E-state index in [1.807, 2.05) is 0 Å². The van der Waals surface area contributed by atoms with Crippen LogP contribution in [0.1, 0.15) is 52.9 Å². The summed E-state index contributed by atoms with van der Waals surface area (Å²) in [7, 11) is 0. The highest BCUT2D eigenvalue weighted by Gasteiger charge is 2.30. The minimum atomic E-state index is -4.44. The van der Waals surface area contributed by atoms with Crippen molar-refractivity contribution in [2.75, 3.05) is 18.4 Å². The fourth-order valence-corrected chi connectivity index (χ4v) is 4.25. The van der Waals surface area contributed by atoms with Crippen molar-refractivity contribution in [3.05, 3.63) is 58.8 Å². The number of carbonyl (C=O) groups is 1. The first-order valence-electron chi connectivity index (χ1n) is 10.7. The zero-order valence-electron chi connectivity index (χ0n) is 17.8. The molecule has 2 N–H and O–H groups in total. The first-order chi connectivity index (χ1) is 15.2. The molecule has 2 heterocycles. The van der Waals surface area contributed by atoms with E-state index in [0.717, 1.165) is 38.1 Å². The van der Waals surface area contributed by atoms with Gasteiger partial charge in [0.05, 0.1) is 11.1 Å². The lowest BCUT2D eigenvalue weighted by Gasteiger charge is -2.21. The van der Waals surface area contributed by atoms with Gasteiger partial charge >= 0.3 is 6.18 Å². The molecule has 8 heteroatoms. The molecule has 1 aromatic heterocycles. The normalized spacial score (nSPS) is 15.6. The zero-order chi connectivity index (χ0) is 22.9. The third-order valence-corrected chi connectivity index (χ3v) is 5.89. The van der Waals surface area contributed by atoms with Gasteiger partial charge in [-0.25, -0.2) is 0 Å². The number of hydrogen-bond acceptors (Lipinski definition) is 4. The molecule has 32 heavy (non-hydrogen) atoms. The molecular formula is C24H25F3N2O3. The second-order valence-electron chi connectivity index (χ2n) is 8.19. The van der Waals surface area contributed by atoms with E-state index in [-0.39, 0.29) is 17.0 Å². The van der Waals surface area contributed by atoms with E-state index in [1.165, 1.54) is 25.0 Å². The highest BCUT2D eigenvalue weighted by atomic mass is 19.4. The van der Waals surface area contributed by atoms with Gasteiger partial charge in [0.2, 0.25) is 0 Å². The molecule has 1 saturated heterocycles. The monoisotopic (exact) mass is 446 g/mol. The molecule has 1 aliphatic rings. The minimum Gasteiger partial charge on any atom is -0.508 e. The van der Waals surface area contributed by atoms with Crippen LogP contribution in [0.15, 0.2) is 40.8 Å². The van der Waals surface area contributed by atoms with Crippen LogP contribution in [-0.2, 0) is 12.7 Å². The number of rotatable bonds is 4. The number of benzene rings is 2. The van der Waals surface area contributed by atoms with Crippen LogP contribution in [0.5, 0.6) is 5.75 Å². The lowest BCUT2D eigenvalue weighted by atomic mass is 10.0. The Morgan fingerprint density at radius 3 is 2.34 bits per heavy atom. The van der Waals surface area contributed by atoms with Crippen LogP contribution in [0, 0.1) is 6.92 Å². The van der Waals surface area contributed by atoms with Gasteiger partial charge in [-0.2, -0.15) is 13.2 Å². The summed E-state index contributed by atoms with van der Waals surface area (Å²) >= 11 is 0. The number of aromatic hydroxyl groups is 1. The third-order valence-electron chi connectivity index (χ3n) is 5.89. The van der Waals surface area contributed by atoms with Crippen molar-refractivity contribution < 1.29 is 27.5 Å². The number of nitrogens with one attached hydrogen (secondary N) is 1. The van der Waals surface area contributed by atoms with Crippen LogP contribution in [0.2, 0.25) is 0 Å². The largest absolute Gasteiger partial charge is 0.508 e. The summed E-state index contributed by atoms with van der Waals surface area (Å²) < 4.78 is 44.2. The van der Waals surface area contributed by atoms with Gasteiger partial charge in [-0.05, 0) is 69.3 Å². The van der Waals surface area contributed by atoms with Crippen LogP contribution in [-0.4, -0.2) is 29.0 Å². The number of phenolic OH excluding ortho intramolecular Hbond substituents is 1. The zero-order valence-corrected chi connectivity index (χ0v) is 17.8. The summed E-state index contributed by atoms with van der Waals surface area (Å²) in [6, 6.07) is 7.47. The van der Waals surface area contributed by atoms with Crippen LogP contribution in [0.3, 0.4) is 0 Å². The van der Waals surface area contributed by atoms with Crippen molar-refractivity contribution >= 4 is 22.6 Å². The predicted molar refractivity (Wildman–Crippen MR) is 116 cm³/mol. The van der Waals surface area contributed by atoms with Gasteiger partial charge in [0.25, 0.3) is 5.91 Å². The van der Waals surface area contributed by atoms with Gasteiger partial charge in [0, 0.05) is 23.2 Å². The molecule has 2 aromatic carbocycles. The quantitative estimate of drug-likeness (QED) is 0.509. The van der Waals surface area contributed by atoms with Crippen LogP contribution >= 0.6 is 0 Å². The maximum Gasteiger partial charge on any atom is 0.416 e. The molecule has 3 aromatic rings. The van der Waals surface area contributed by atoms with Crippen LogP contribution in [0.25, 0.3) is 11.0 Å². The molecule has 0 spiro atoms.